The SMILES string of the molecule is C=C[C@@H](C)CCC[C@@](C)(O)[C@H]1C[C@@H](/C(C)=C/c2csc(C)n2)OC(C)(C)O1. The predicted octanol–water partition coefficient (Wildman–Crippen LogP) is 5.51. The van der Waals surface area contributed by atoms with Gasteiger partial charge in [0.25, 0.3) is 0 Å². The average molecular weight is 394 g/mol. The Morgan fingerprint density at radius 1 is 1.52 bits per heavy atom. The number of hydrogen-bond donors (Lipinski definition) is 1. The van der Waals surface area contributed by atoms with E-state index < -0.39 is 11.4 Å². The fourth-order valence-electron chi connectivity index (χ4n) is 3.50. The first-order valence-electron chi connectivity index (χ1n) is 9.83. The van der Waals surface area contributed by atoms with E-state index in [0.29, 0.717) is 18.8 Å². The molecule has 2 heterocycles. The van der Waals surface area contributed by atoms with E-state index in [0.717, 1.165) is 29.1 Å². The number of nitrogens with zero attached hydrogens (tertiary/aromatic N) is 1. The van der Waals surface area contributed by atoms with Gasteiger partial charge in [0.15, 0.2) is 5.79 Å². The first-order chi connectivity index (χ1) is 12.5. The number of aryl methyl sites for hydroxylation is 1. The number of aliphatic hydroxyl groups is 1. The van der Waals surface area contributed by atoms with Crippen molar-refractivity contribution in [2.45, 2.75) is 90.8 Å². The van der Waals surface area contributed by atoms with E-state index in [1.165, 1.54) is 0 Å². The Hall–Kier alpha value is -1.01. The van der Waals surface area contributed by atoms with Crippen LogP contribution in [0.4, 0.5) is 0 Å². The first-order valence-corrected chi connectivity index (χ1v) is 10.7. The Morgan fingerprint density at radius 2 is 2.22 bits per heavy atom. The summed E-state index contributed by atoms with van der Waals surface area (Å²) in [5.41, 5.74) is 1.18. The Kier molecular flexibility index (Phi) is 7.42. The highest BCUT2D eigenvalue weighted by atomic mass is 32.1. The fourth-order valence-corrected chi connectivity index (χ4v) is 4.07. The zero-order valence-corrected chi connectivity index (χ0v) is 18.4. The number of hydrogen-bond acceptors (Lipinski definition) is 5. The van der Waals surface area contributed by atoms with Crippen molar-refractivity contribution in [1.29, 1.82) is 0 Å². The van der Waals surface area contributed by atoms with Crippen molar-refractivity contribution in [2.24, 2.45) is 5.92 Å². The van der Waals surface area contributed by atoms with Crippen LogP contribution in [0.1, 0.15) is 71.0 Å². The second kappa shape index (κ2) is 8.99. The van der Waals surface area contributed by atoms with Crippen molar-refractivity contribution in [2.75, 3.05) is 0 Å². The van der Waals surface area contributed by atoms with Gasteiger partial charge < -0.3 is 14.6 Å². The summed E-state index contributed by atoms with van der Waals surface area (Å²) in [7, 11) is 0. The molecule has 1 N–H and O–H groups in total. The van der Waals surface area contributed by atoms with Gasteiger partial charge in [-0.05, 0) is 71.4 Å². The van der Waals surface area contributed by atoms with E-state index in [-0.39, 0.29) is 12.2 Å². The summed E-state index contributed by atoms with van der Waals surface area (Å²) in [4.78, 5) is 4.51. The van der Waals surface area contributed by atoms with Crippen LogP contribution in [-0.4, -0.2) is 33.7 Å². The van der Waals surface area contributed by atoms with E-state index in [1.54, 1.807) is 11.3 Å². The van der Waals surface area contributed by atoms with E-state index >= 15 is 0 Å². The van der Waals surface area contributed by atoms with E-state index in [4.69, 9.17) is 9.47 Å². The van der Waals surface area contributed by atoms with Crippen LogP contribution in [-0.2, 0) is 9.47 Å². The Balaban J connectivity index is 2.09. The third kappa shape index (κ3) is 6.53. The highest BCUT2D eigenvalue weighted by molar-refractivity contribution is 7.09. The molecule has 1 aromatic heterocycles. The zero-order chi connectivity index (χ0) is 20.2. The van der Waals surface area contributed by atoms with Crippen molar-refractivity contribution in [1.82, 2.24) is 4.98 Å². The molecule has 0 aliphatic carbocycles. The molecule has 4 atom stereocenters. The van der Waals surface area contributed by atoms with Crippen LogP contribution < -0.4 is 0 Å². The van der Waals surface area contributed by atoms with Gasteiger partial charge in [-0.2, -0.15) is 0 Å². The Morgan fingerprint density at radius 3 is 2.81 bits per heavy atom. The summed E-state index contributed by atoms with van der Waals surface area (Å²) in [5, 5.41) is 14.2. The monoisotopic (exact) mass is 393 g/mol. The molecular weight excluding hydrogens is 358 g/mol. The Bertz CT molecular complexity index is 662. The molecule has 0 saturated carbocycles. The quantitative estimate of drug-likeness (QED) is 0.592. The molecule has 27 heavy (non-hydrogen) atoms. The van der Waals surface area contributed by atoms with Crippen molar-refractivity contribution < 1.29 is 14.6 Å². The fraction of sp³-hybridized carbons (Fsp3) is 0.682. The maximum atomic E-state index is 11.1. The lowest BCUT2D eigenvalue weighted by molar-refractivity contribution is -0.318. The van der Waals surface area contributed by atoms with Crippen molar-refractivity contribution in [3.05, 3.63) is 34.3 Å². The summed E-state index contributed by atoms with van der Waals surface area (Å²) in [5.74, 6) is -0.272. The van der Waals surface area contributed by atoms with E-state index in [9.17, 15) is 5.11 Å². The molecular formula is C22H35NO3S. The normalized spacial score (nSPS) is 26.4. The minimum absolute atomic E-state index is 0.0978. The standard InChI is InChI=1S/C22H35NO3S/c1-8-15(2)10-9-11-22(7,24)20-13-19(25-21(5,6)26-20)16(3)12-18-14-27-17(4)23-18/h8,12,14-15,19-20,24H,1,9-11,13H2,2-7H3/b16-12+/t15-,19+,20-,22-/m1/s1. The van der Waals surface area contributed by atoms with Gasteiger partial charge in [-0.25, -0.2) is 4.98 Å². The van der Waals surface area contributed by atoms with Gasteiger partial charge in [0.05, 0.1) is 28.5 Å². The summed E-state index contributed by atoms with van der Waals surface area (Å²) < 4.78 is 12.3. The Labute approximate surface area is 168 Å². The molecule has 0 bridgehead atoms. The molecule has 0 unspecified atom stereocenters. The van der Waals surface area contributed by atoms with Crippen LogP contribution in [0.3, 0.4) is 0 Å². The molecule has 1 aliphatic rings. The lowest BCUT2D eigenvalue weighted by Crippen LogP contribution is -2.53. The molecule has 0 spiro atoms. The van der Waals surface area contributed by atoms with Crippen LogP contribution in [0.2, 0.25) is 0 Å². The molecule has 1 fully saturated rings. The summed E-state index contributed by atoms with van der Waals surface area (Å²) in [6.07, 6.45) is 6.98. The maximum absolute atomic E-state index is 11.1. The lowest BCUT2D eigenvalue weighted by Gasteiger charge is -2.46. The molecule has 1 aromatic rings. The highest BCUT2D eigenvalue weighted by Crippen LogP contribution is 2.37. The summed E-state index contributed by atoms with van der Waals surface area (Å²) >= 11 is 1.64. The molecule has 152 valence electrons. The highest BCUT2D eigenvalue weighted by Gasteiger charge is 2.44. The van der Waals surface area contributed by atoms with Crippen LogP contribution in [0, 0.1) is 12.8 Å². The molecule has 0 amide bonds. The second-order valence-corrected chi connectivity index (χ2v) is 9.55. The van der Waals surface area contributed by atoms with E-state index in [2.05, 4.69) is 36.9 Å². The largest absolute Gasteiger partial charge is 0.387 e. The van der Waals surface area contributed by atoms with Gasteiger partial charge in [-0.3, -0.25) is 0 Å². The van der Waals surface area contributed by atoms with Crippen molar-refractivity contribution >= 4 is 17.4 Å². The van der Waals surface area contributed by atoms with Crippen LogP contribution in [0.5, 0.6) is 0 Å². The van der Waals surface area contributed by atoms with Crippen LogP contribution in [0.15, 0.2) is 23.6 Å². The van der Waals surface area contributed by atoms with Gasteiger partial charge in [0.1, 0.15) is 0 Å². The number of thiazole rings is 1. The molecule has 0 radical (unpaired) electrons. The molecule has 0 aromatic carbocycles. The van der Waals surface area contributed by atoms with Crippen LogP contribution in [0.25, 0.3) is 6.08 Å². The first kappa shape index (κ1) is 22.3. The third-order valence-electron chi connectivity index (χ3n) is 5.24. The molecule has 4 nitrogen and oxygen atoms in total. The van der Waals surface area contributed by atoms with Gasteiger partial charge >= 0.3 is 0 Å². The second-order valence-electron chi connectivity index (χ2n) is 8.49. The van der Waals surface area contributed by atoms with Gasteiger partial charge in [0, 0.05) is 11.8 Å². The number of ether oxygens (including phenoxy) is 2. The topological polar surface area (TPSA) is 51.6 Å². The van der Waals surface area contributed by atoms with Gasteiger partial charge in [-0.15, -0.1) is 17.9 Å². The number of rotatable bonds is 8. The summed E-state index contributed by atoms with van der Waals surface area (Å²) in [6, 6.07) is 0. The zero-order valence-electron chi connectivity index (χ0n) is 17.6. The molecule has 1 aliphatic heterocycles. The number of allylic oxidation sites excluding steroid dienone is 1. The number of aromatic nitrogens is 1. The van der Waals surface area contributed by atoms with Gasteiger partial charge in [0.2, 0.25) is 0 Å². The third-order valence-corrected chi connectivity index (χ3v) is 6.03. The lowest BCUT2D eigenvalue weighted by atomic mass is 9.85. The molecule has 2 rings (SSSR count). The minimum atomic E-state index is -0.891. The minimum Gasteiger partial charge on any atom is -0.387 e. The van der Waals surface area contributed by atoms with Gasteiger partial charge in [-0.1, -0.05) is 13.0 Å². The summed E-state index contributed by atoms with van der Waals surface area (Å²) in [6.45, 7) is 15.8. The predicted molar refractivity (Wildman–Crippen MR) is 113 cm³/mol. The maximum Gasteiger partial charge on any atom is 0.164 e. The van der Waals surface area contributed by atoms with Crippen molar-refractivity contribution in [3.63, 3.8) is 0 Å². The van der Waals surface area contributed by atoms with Crippen molar-refractivity contribution in [3.8, 4) is 0 Å². The molecule has 1 saturated heterocycles. The average Bonchev–Trinajstić information content (AvgIpc) is 2.97. The van der Waals surface area contributed by atoms with E-state index in [1.807, 2.05) is 33.8 Å². The van der Waals surface area contributed by atoms with Crippen LogP contribution >= 0.6 is 11.3 Å². The smallest absolute Gasteiger partial charge is 0.164 e. The molecule has 5 heteroatoms.